The van der Waals surface area contributed by atoms with Gasteiger partial charge < -0.3 is 15.2 Å². The lowest BCUT2D eigenvalue weighted by Gasteiger charge is -2.17. The first-order chi connectivity index (χ1) is 13.1. The number of aliphatic hydroxyl groups excluding tert-OH is 1. The van der Waals surface area contributed by atoms with E-state index in [1.54, 1.807) is 6.20 Å². The van der Waals surface area contributed by atoms with Crippen LogP contribution in [0, 0.1) is 6.92 Å². The molecule has 142 valence electrons. The fourth-order valence-corrected chi connectivity index (χ4v) is 3.16. The second kappa shape index (κ2) is 8.68. The molecule has 0 radical (unpaired) electrons. The Labute approximate surface area is 156 Å². The highest BCUT2D eigenvalue weighted by Crippen LogP contribution is 2.30. The standard InChI is InChI=1S/C18H22N6O3/c1-12-10-24(16-9-14(22-23-19)15(11-25)27-16)18(26)21-17(12)20-8-7-13-5-3-2-4-6-13/h2-6,10,14-16,25H,7-9,11H2,1H3,(H,20,21,26)/t14-,15-,16-/m0/s1. The summed E-state index contributed by atoms with van der Waals surface area (Å²) in [5, 5.41) is 16.2. The largest absolute Gasteiger partial charge is 0.394 e. The normalized spacial score (nSPS) is 21.6. The van der Waals surface area contributed by atoms with Gasteiger partial charge in [0.05, 0.1) is 18.8 Å². The molecule has 0 spiro atoms. The summed E-state index contributed by atoms with van der Waals surface area (Å²) in [5.74, 6) is 0.537. The Morgan fingerprint density at radius 1 is 1.44 bits per heavy atom. The van der Waals surface area contributed by atoms with Gasteiger partial charge >= 0.3 is 5.69 Å². The molecule has 1 fully saturated rings. The van der Waals surface area contributed by atoms with Crippen LogP contribution in [0.2, 0.25) is 0 Å². The summed E-state index contributed by atoms with van der Waals surface area (Å²) in [5.41, 5.74) is 10.2. The molecule has 2 aromatic rings. The molecule has 3 atom stereocenters. The smallest absolute Gasteiger partial charge is 0.351 e. The topological polar surface area (TPSA) is 125 Å². The highest BCUT2D eigenvalue weighted by Gasteiger charge is 2.35. The van der Waals surface area contributed by atoms with Gasteiger partial charge in [0.15, 0.2) is 0 Å². The van der Waals surface area contributed by atoms with Crippen molar-refractivity contribution in [3.8, 4) is 0 Å². The lowest BCUT2D eigenvalue weighted by atomic mass is 10.1. The fraction of sp³-hybridized carbons (Fsp3) is 0.444. The SMILES string of the molecule is Cc1cn([C@@H]2C[C@H](N=[N+]=[N-])[C@H](CO)O2)c(=O)nc1NCCc1ccccc1. The second-order valence-corrected chi connectivity index (χ2v) is 6.44. The van der Waals surface area contributed by atoms with E-state index in [4.69, 9.17) is 10.3 Å². The van der Waals surface area contributed by atoms with Gasteiger partial charge in [0.25, 0.3) is 0 Å². The summed E-state index contributed by atoms with van der Waals surface area (Å²) in [6, 6.07) is 9.54. The summed E-state index contributed by atoms with van der Waals surface area (Å²) in [7, 11) is 0. The number of rotatable bonds is 7. The van der Waals surface area contributed by atoms with E-state index < -0.39 is 24.1 Å². The van der Waals surface area contributed by atoms with Crippen molar-refractivity contribution in [2.24, 2.45) is 5.11 Å². The van der Waals surface area contributed by atoms with E-state index in [1.807, 2.05) is 25.1 Å². The van der Waals surface area contributed by atoms with Crippen molar-refractivity contribution in [3.63, 3.8) is 0 Å². The average Bonchev–Trinajstić information content (AvgIpc) is 3.08. The Morgan fingerprint density at radius 2 is 2.22 bits per heavy atom. The molecule has 1 aromatic heterocycles. The number of hydrogen-bond acceptors (Lipinski definition) is 6. The number of azide groups is 1. The quantitative estimate of drug-likeness (QED) is 0.439. The molecule has 27 heavy (non-hydrogen) atoms. The van der Waals surface area contributed by atoms with Gasteiger partial charge in [-0.15, -0.1) is 0 Å². The van der Waals surface area contributed by atoms with Gasteiger partial charge in [-0.05, 0) is 24.4 Å². The first kappa shape index (κ1) is 18.9. The zero-order valence-corrected chi connectivity index (χ0v) is 15.0. The summed E-state index contributed by atoms with van der Waals surface area (Å²) in [6.45, 7) is 2.24. The Kier molecular flexibility index (Phi) is 6.08. The van der Waals surface area contributed by atoms with Gasteiger partial charge in [-0.25, -0.2) is 4.79 Å². The number of nitrogens with one attached hydrogen (secondary N) is 1. The van der Waals surface area contributed by atoms with Crippen molar-refractivity contribution in [2.45, 2.75) is 38.1 Å². The minimum atomic E-state index is -0.623. The van der Waals surface area contributed by atoms with E-state index in [0.29, 0.717) is 18.8 Å². The Hall–Kier alpha value is -2.87. The lowest BCUT2D eigenvalue weighted by molar-refractivity contribution is -0.0270. The van der Waals surface area contributed by atoms with Crippen LogP contribution in [-0.4, -0.2) is 40.0 Å². The monoisotopic (exact) mass is 370 g/mol. The van der Waals surface area contributed by atoms with Crippen LogP contribution in [-0.2, 0) is 11.2 Å². The highest BCUT2D eigenvalue weighted by atomic mass is 16.5. The van der Waals surface area contributed by atoms with Crippen LogP contribution < -0.4 is 11.0 Å². The Balaban J connectivity index is 1.69. The third kappa shape index (κ3) is 4.46. The van der Waals surface area contributed by atoms with Gasteiger partial charge in [0, 0.05) is 29.6 Å². The third-order valence-corrected chi connectivity index (χ3v) is 4.58. The van der Waals surface area contributed by atoms with Crippen LogP contribution in [0.4, 0.5) is 5.82 Å². The van der Waals surface area contributed by atoms with Crippen molar-refractivity contribution in [1.82, 2.24) is 9.55 Å². The first-order valence-corrected chi connectivity index (χ1v) is 8.80. The number of benzene rings is 1. The van der Waals surface area contributed by atoms with Crippen molar-refractivity contribution in [3.05, 3.63) is 68.6 Å². The maximum atomic E-state index is 12.4. The van der Waals surface area contributed by atoms with Crippen molar-refractivity contribution in [1.29, 1.82) is 0 Å². The Morgan fingerprint density at radius 3 is 2.93 bits per heavy atom. The molecule has 1 aliphatic heterocycles. The molecule has 1 aromatic carbocycles. The second-order valence-electron chi connectivity index (χ2n) is 6.44. The van der Waals surface area contributed by atoms with Crippen LogP contribution >= 0.6 is 0 Å². The van der Waals surface area contributed by atoms with Crippen LogP contribution in [0.15, 0.2) is 46.4 Å². The van der Waals surface area contributed by atoms with E-state index in [-0.39, 0.29) is 6.61 Å². The van der Waals surface area contributed by atoms with Crippen LogP contribution in [0.1, 0.15) is 23.8 Å². The molecule has 0 bridgehead atoms. The van der Waals surface area contributed by atoms with Gasteiger partial charge in [0.1, 0.15) is 12.0 Å². The van der Waals surface area contributed by atoms with Crippen molar-refractivity contribution >= 4 is 5.82 Å². The van der Waals surface area contributed by atoms with Crippen LogP contribution in [0.3, 0.4) is 0 Å². The molecule has 0 unspecified atom stereocenters. The summed E-state index contributed by atoms with van der Waals surface area (Å²) in [6.07, 6.45) is 1.58. The number of aryl methyl sites for hydroxylation is 1. The molecular formula is C18H22N6O3. The first-order valence-electron chi connectivity index (χ1n) is 8.80. The van der Waals surface area contributed by atoms with Gasteiger partial charge in [-0.1, -0.05) is 35.4 Å². The van der Waals surface area contributed by atoms with E-state index in [2.05, 4.69) is 32.5 Å². The molecule has 1 saturated heterocycles. The number of aromatic nitrogens is 2. The van der Waals surface area contributed by atoms with Gasteiger partial charge in [-0.2, -0.15) is 4.98 Å². The minimum absolute atomic E-state index is 0.277. The number of ether oxygens (including phenoxy) is 1. The van der Waals surface area contributed by atoms with Crippen LogP contribution in [0.25, 0.3) is 10.4 Å². The molecule has 2 N–H and O–H groups in total. The van der Waals surface area contributed by atoms with Crippen molar-refractivity contribution < 1.29 is 9.84 Å². The molecule has 3 rings (SSSR count). The number of hydrogen-bond donors (Lipinski definition) is 2. The zero-order valence-electron chi connectivity index (χ0n) is 15.0. The molecular weight excluding hydrogens is 348 g/mol. The maximum absolute atomic E-state index is 12.4. The summed E-state index contributed by atoms with van der Waals surface area (Å²) < 4.78 is 7.05. The predicted octanol–water partition coefficient (Wildman–Crippen LogP) is 2.17. The van der Waals surface area contributed by atoms with Crippen LogP contribution in [0.5, 0.6) is 0 Å². The van der Waals surface area contributed by atoms with Crippen molar-refractivity contribution in [2.75, 3.05) is 18.5 Å². The molecule has 0 amide bonds. The molecule has 9 heteroatoms. The van der Waals surface area contributed by atoms with E-state index in [0.717, 1.165) is 12.0 Å². The minimum Gasteiger partial charge on any atom is -0.394 e. The van der Waals surface area contributed by atoms with E-state index >= 15 is 0 Å². The van der Waals surface area contributed by atoms with Gasteiger partial charge in [-0.3, -0.25) is 4.57 Å². The molecule has 9 nitrogen and oxygen atoms in total. The highest BCUT2D eigenvalue weighted by molar-refractivity contribution is 5.41. The maximum Gasteiger partial charge on any atom is 0.351 e. The third-order valence-electron chi connectivity index (χ3n) is 4.58. The Bertz CT molecular complexity index is 878. The lowest BCUT2D eigenvalue weighted by Crippen LogP contribution is -2.29. The van der Waals surface area contributed by atoms with Gasteiger partial charge in [0.2, 0.25) is 0 Å². The molecule has 0 aliphatic carbocycles. The van der Waals surface area contributed by atoms with E-state index in [1.165, 1.54) is 10.1 Å². The predicted molar refractivity (Wildman–Crippen MR) is 100 cm³/mol. The zero-order chi connectivity index (χ0) is 19.2. The number of anilines is 1. The molecule has 2 heterocycles. The number of nitrogens with zero attached hydrogens (tertiary/aromatic N) is 5. The summed E-state index contributed by atoms with van der Waals surface area (Å²) in [4.78, 5) is 19.3. The average molecular weight is 370 g/mol. The van der Waals surface area contributed by atoms with E-state index in [9.17, 15) is 9.90 Å². The summed E-state index contributed by atoms with van der Waals surface area (Å²) >= 11 is 0. The molecule has 1 aliphatic rings. The fourth-order valence-electron chi connectivity index (χ4n) is 3.16. The number of aliphatic hydroxyl groups is 1. The molecule has 0 saturated carbocycles.